The van der Waals surface area contributed by atoms with E-state index < -0.39 is 21.8 Å². The third-order valence-electron chi connectivity index (χ3n) is 5.27. The number of halogens is 4. The van der Waals surface area contributed by atoms with E-state index >= 15 is 0 Å². The van der Waals surface area contributed by atoms with Crippen LogP contribution in [0.5, 0.6) is 0 Å². The number of nitrogens with zero attached hydrogens (tertiary/aromatic N) is 1. The molecule has 0 amide bonds. The van der Waals surface area contributed by atoms with Crippen molar-refractivity contribution in [1.29, 1.82) is 0 Å². The van der Waals surface area contributed by atoms with Crippen molar-refractivity contribution in [2.75, 3.05) is 35.8 Å². The van der Waals surface area contributed by atoms with Gasteiger partial charge in [-0.05, 0) is 43.3 Å². The van der Waals surface area contributed by atoms with Gasteiger partial charge < -0.3 is 10.2 Å². The highest BCUT2D eigenvalue weighted by atomic mass is 35.5. The zero-order valence-corrected chi connectivity index (χ0v) is 18.7. The number of anilines is 2. The Morgan fingerprint density at radius 2 is 1.66 bits per heavy atom. The van der Waals surface area contributed by atoms with E-state index in [9.17, 15) is 21.6 Å². The highest BCUT2D eigenvalue weighted by Crippen LogP contribution is 2.34. The molecule has 1 aliphatic rings. The lowest BCUT2D eigenvalue weighted by Gasteiger charge is -2.25. The van der Waals surface area contributed by atoms with Crippen LogP contribution in [0.25, 0.3) is 10.8 Å². The average Bonchev–Trinajstić information content (AvgIpc) is 3.01. The average molecular weight is 486 g/mol. The van der Waals surface area contributed by atoms with Crippen LogP contribution in [0.1, 0.15) is 12.0 Å². The van der Waals surface area contributed by atoms with Gasteiger partial charge >= 0.3 is 6.18 Å². The largest absolute Gasteiger partial charge is 0.416 e. The summed E-state index contributed by atoms with van der Waals surface area (Å²) in [6, 6.07) is 14.6. The molecule has 0 atom stereocenters. The fraction of sp³-hybridized carbons (Fsp3) is 0.273. The van der Waals surface area contributed by atoms with Gasteiger partial charge in [-0.2, -0.15) is 13.2 Å². The molecular formula is C22H23ClF3N3O2S. The molecule has 0 saturated carbocycles. The SMILES string of the molecule is Cl.O=S(=O)(Nc1cccc(C(F)(F)F)c1)c1ccc(N2CCCNCC2)c2ccccc12. The fourth-order valence-corrected chi connectivity index (χ4v) is 5.08. The minimum atomic E-state index is -4.56. The molecule has 1 aliphatic heterocycles. The Kier molecular flexibility index (Phi) is 7.22. The van der Waals surface area contributed by atoms with Crippen molar-refractivity contribution >= 4 is 44.6 Å². The minimum Gasteiger partial charge on any atom is -0.370 e. The molecule has 0 bridgehead atoms. The fourth-order valence-electron chi connectivity index (χ4n) is 3.82. The lowest BCUT2D eigenvalue weighted by molar-refractivity contribution is -0.137. The minimum absolute atomic E-state index is 0. The van der Waals surface area contributed by atoms with Crippen LogP contribution < -0.4 is 14.9 Å². The molecule has 1 saturated heterocycles. The Bertz CT molecular complexity index is 1190. The molecule has 0 aliphatic carbocycles. The maximum atomic E-state index is 13.1. The molecule has 0 unspecified atom stereocenters. The molecule has 0 aromatic heterocycles. The van der Waals surface area contributed by atoms with Crippen LogP contribution in [0.2, 0.25) is 0 Å². The third-order valence-corrected chi connectivity index (χ3v) is 6.71. The summed E-state index contributed by atoms with van der Waals surface area (Å²) in [7, 11) is -4.11. The maximum absolute atomic E-state index is 13.1. The molecule has 5 nitrogen and oxygen atoms in total. The van der Waals surface area contributed by atoms with Crippen LogP contribution in [0.3, 0.4) is 0 Å². The number of sulfonamides is 1. The lowest BCUT2D eigenvalue weighted by atomic mass is 10.1. The highest BCUT2D eigenvalue weighted by molar-refractivity contribution is 7.93. The Labute approximate surface area is 191 Å². The molecular weight excluding hydrogens is 463 g/mol. The molecule has 2 N–H and O–H groups in total. The Balaban J connectivity index is 0.00000289. The van der Waals surface area contributed by atoms with Crippen LogP contribution in [0.4, 0.5) is 24.5 Å². The summed E-state index contributed by atoms with van der Waals surface area (Å²) in [5.41, 5.74) is -0.110. The monoisotopic (exact) mass is 485 g/mol. The van der Waals surface area contributed by atoms with Gasteiger partial charge in [0.15, 0.2) is 0 Å². The summed E-state index contributed by atoms with van der Waals surface area (Å²) < 4.78 is 67.5. The van der Waals surface area contributed by atoms with Crippen molar-refractivity contribution in [2.45, 2.75) is 17.5 Å². The van der Waals surface area contributed by atoms with Crippen LogP contribution in [-0.2, 0) is 16.2 Å². The Hall–Kier alpha value is -2.49. The Morgan fingerprint density at radius 3 is 2.41 bits per heavy atom. The molecule has 1 fully saturated rings. The summed E-state index contributed by atoms with van der Waals surface area (Å²) in [5.74, 6) is 0. The predicted molar refractivity (Wildman–Crippen MR) is 123 cm³/mol. The first kappa shape index (κ1) is 24.2. The lowest BCUT2D eigenvalue weighted by Crippen LogP contribution is -2.28. The van der Waals surface area contributed by atoms with Gasteiger partial charge in [-0.1, -0.05) is 30.3 Å². The zero-order valence-electron chi connectivity index (χ0n) is 17.0. The van der Waals surface area contributed by atoms with Crippen molar-refractivity contribution < 1.29 is 21.6 Å². The van der Waals surface area contributed by atoms with E-state index in [1.807, 2.05) is 12.1 Å². The van der Waals surface area contributed by atoms with E-state index in [4.69, 9.17) is 0 Å². The number of alkyl halides is 3. The number of hydrogen-bond donors (Lipinski definition) is 2. The molecule has 0 radical (unpaired) electrons. The van der Waals surface area contributed by atoms with Crippen LogP contribution in [0, 0.1) is 0 Å². The van der Waals surface area contributed by atoms with Gasteiger partial charge in [0.1, 0.15) is 0 Å². The van der Waals surface area contributed by atoms with E-state index in [0.717, 1.165) is 55.8 Å². The molecule has 3 aromatic carbocycles. The Morgan fingerprint density at radius 1 is 0.906 bits per heavy atom. The number of nitrogens with one attached hydrogen (secondary N) is 2. The maximum Gasteiger partial charge on any atom is 0.416 e. The first-order valence-corrected chi connectivity index (χ1v) is 11.4. The standard InChI is InChI=1S/C22H22F3N3O2S.ClH/c23-22(24,25)16-5-3-6-17(15-16)27-31(29,30)21-10-9-20(18-7-1-2-8-19(18)21)28-13-4-11-26-12-14-28;/h1-3,5-10,15,26-27H,4,11-14H2;1H. The number of benzene rings is 3. The molecule has 1 heterocycles. The van der Waals surface area contributed by atoms with Crippen LogP contribution in [0.15, 0.2) is 65.6 Å². The highest BCUT2D eigenvalue weighted by Gasteiger charge is 2.31. The molecule has 10 heteroatoms. The number of hydrogen-bond acceptors (Lipinski definition) is 4. The van der Waals surface area contributed by atoms with E-state index in [-0.39, 0.29) is 23.0 Å². The summed E-state index contributed by atoms with van der Waals surface area (Å²) in [4.78, 5) is 2.25. The van der Waals surface area contributed by atoms with Gasteiger partial charge in [0.2, 0.25) is 0 Å². The first-order chi connectivity index (χ1) is 14.8. The van der Waals surface area contributed by atoms with E-state index in [1.54, 1.807) is 18.2 Å². The van der Waals surface area contributed by atoms with E-state index in [0.29, 0.717) is 5.39 Å². The van der Waals surface area contributed by atoms with E-state index in [2.05, 4.69) is 14.9 Å². The van der Waals surface area contributed by atoms with E-state index in [1.165, 1.54) is 18.2 Å². The van der Waals surface area contributed by atoms with Gasteiger partial charge in [-0.15, -0.1) is 12.4 Å². The van der Waals surface area contributed by atoms with Crippen molar-refractivity contribution in [3.8, 4) is 0 Å². The summed E-state index contributed by atoms with van der Waals surface area (Å²) in [5, 5.41) is 4.66. The summed E-state index contributed by atoms with van der Waals surface area (Å²) in [6.07, 6.45) is -3.58. The summed E-state index contributed by atoms with van der Waals surface area (Å²) >= 11 is 0. The molecule has 172 valence electrons. The number of fused-ring (bicyclic) bond motifs is 1. The van der Waals surface area contributed by atoms with Gasteiger partial charge in [-0.3, -0.25) is 4.72 Å². The smallest absolute Gasteiger partial charge is 0.370 e. The third kappa shape index (κ3) is 5.11. The van der Waals surface area contributed by atoms with Crippen molar-refractivity contribution in [1.82, 2.24) is 5.32 Å². The second-order valence-corrected chi connectivity index (χ2v) is 9.05. The predicted octanol–water partition coefficient (Wildman–Crippen LogP) is 4.88. The van der Waals surface area contributed by atoms with Crippen molar-refractivity contribution in [3.63, 3.8) is 0 Å². The van der Waals surface area contributed by atoms with Gasteiger partial charge in [0, 0.05) is 41.8 Å². The second-order valence-electron chi connectivity index (χ2n) is 7.40. The van der Waals surface area contributed by atoms with Crippen LogP contribution >= 0.6 is 12.4 Å². The van der Waals surface area contributed by atoms with Crippen LogP contribution in [-0.4, -0.2) is 34.6 Å². The molecule has 3 aromatic rings. The first-order valence-electron chi connectivity index (χ1n) is 9.93. The molecule has 32 heavy (non-hydrogen) atoms. The molecule has 4 rings (SSSR count). The second kappa shape index (κ2) is 9.56. The quantitative estimate of drug-likeness (QED) is 0.553. The zero-order chi connectivity index (χ0) is 22.1. The van der Waals surface area contributed by atoms with Crippen molar-refractivity contribution in [3.05, 3.63) is 66.2 Å². The number of rotatable bonds is 4. The molecule has 0 spiro atoms. The van der Waals surface area contributed by atoms with Gasteiger partial charge in [0.05, 0.1) is 10.5 Å². The van der Waals surface area contributed by atoms with Gasteiger partial charge in [0.25, 0.3) is 10.0 Å². The summed E-state index contributed by atoms with van der Waals surface area (Å²) in [6.45, 7) is 3.43. The normalized spacial score (nSPS) is 15.2. The van der Waals surface area contributed by atoms with Gasteiger partial charge in [-0.25, -0.2) is 8.42 Å². The van der Waals surface area contributed by atoms with Crippen molar-refractivity contribution in [2.24, 2.45) is 0 Å². The topological polar surface area (TPSA) is 61.4 Å².